The summed E-state index contributed by atoms with van der Waals surface area (Å²) < 4.78 is 26.8. The van der Waals surface area contributed by atoms with Gasteiger partial charge in [0.2, 0.25) is 0 Å². The zero-order chi connectivity index (χ0) is 22.8. The Morgan fingerprint density at radius 3 is 2.03 bits per heavy atom. The standard InChI is InChI=1S/C21H37NO8/c1-6-27-18(24)21(19(25)28-7-2,29-14-15-10-12-26-13-11-15)16(22)8-9-17(23)30-20(3,4)5/h15-16H,6-14,22H2,1-5H3. The first kappa shape index (κ1) is 26.3. The highest BCUT2D eigenvalue weighted by Gasteiger charge is 2.55. The molecule has 0 saturated carbocycles. The Labute approximate surface area is 178 Å². The zero-order valence-electron chi connectivity index (χ0n) is 18.9. The minimum atomic E-state index is -2.15. The molecule has 0 bridgehead atoms. The summed E-state index contributed by atoms with van der Waals surface area (Å²) in [5.74, 6) is -2.19. The van der Waals surface area contributed by atoms with Crippen LogP contribution in [0.15, 0.2) is 0 Å². The van der Waals surface area contributed by atoms with E-state index < -0.39 is 35.2 Å². The van der Waals surface area contributed by atoms with Crippen molar-refractivity contribution in [3.63, 3.8) is 0 Å². The minimum absolute atomic E-state index is 0.0136. The van der Waals surface area contributed by atoms with Crippen LogP contribution in [0, 0.1) is 5.92 Å². The van der Waals surface area contributed by atoms with Gasteiger partial charge in [0.25, 0.3) is 5.60 Å². The van der Waals surface area contributed by atoms with E-state index in [1.165, 1.54) is 0 Å². The summed E-state index contributed by atoms with van der Waals surface area (Å²) in [6.45, 7) is 9.89. The van der Waals surface area contributed by atoms with Crippen LogP contribution in [0.5, 0.6) is 0 Å². The molecular formula is C21H37NO8. The van der Waals surface area contributed by atoms with E-state index in [1.54, 1.807) is 34.6 Å². The second-order valence-electron chi connectivity index (χ2n) is 8.27. The van der Waals surface area contributed by atoms with Crippen molar-refractivity contribution >= 4 is 17.9 Å². The largest absolute Gasteiger partial charge is 0.463 e. The summed E-state index contributed by atoms with van der Waals surface area (Å²) in [5, 5.41) is 0. The van der Waals surface area contributed by atoms with Gasteiger partial charge in [0.05, 0.1) is 25.9 Å². The number of nitrogens with two attached hydrogens (primary N) is 1. The van der Waals surface area contributed by atoms with E-state index in [0.29, 0.717) is 13.2 Å². The van der Waals surface area contributed by atoms with Gasteiger partial charge in [-0.15, -0.1) is 0 Å². The highest BCUT2D eigenvalue weighted by molar-refractivity contribution is 6.04. The van der Waals surface area contributed by atoms with Gasteiger partial charge in [-0.3, -0.25) is 4.79 Å². The lowest BCUT2D eigenvalue weighted by Crippen LogP contribution is -2.63. The average Bonchev–Trinajstić information content (AvgIpc) is 2.67. The van der Waals surface area contributed by atoms with Crippen LogP contribution in [0.3, 0.4) is 0 Å². The van der Waals surface area contributed by atoms with E-state index in [0.717, 1.165) is 12.8 Å². The zero-order valence-corrected chi connectivity index (χ0v) is 18.9. The molecule has 1 atom stereocenters. The number of rotatable bonds is 11. The maximum absolute atomic E-state index is 12.9. The second-order valence-corrected chi connectivity index (χ2v) is 8.27. The molecule has 0 aromatic heterocycles. The van der Waals surface area contributed by atoms with Crippen molar-refractivity contribution in [2.75, 3.05) is 33.0 Å². The van der Waals surface area contributed by atoms with E-state index in [4.69, 9.17) is 29.4 Å². The van der Waals surface area contributed by atoms with Gasteiger partial charge in [-0.2, -0.15) is 0 Å². The normalized spacial score (nSPS) is 16.6. The van der Waals surface area contributed by atoms with Gasteiger partial charge in [-0.25, -0.2) is 9.59 Å². The molecule has 0 radical (unpaired) electrons. The van der Waals surface area contributed by atoms with E-state index >= 15 is 0 Å². The van der Waals surface area contributed by atoms with Crippen LogP contribution in [-0.2, 0) is 38.1 Å². The molecule has 30 heavy (non-hydrogen) atoms. The van der Waals surface area contributed by atoms with Crippen molar-refractivity contribution in [1.29, 1.82) is 0 Å². The Morgan fingerprint density at radius 2 is 1.57 bits per heavy atom. The molecular weight excluding hydrogens is 394 g/mol. The third kappa shape index (κ3) is 7.85. The van der Waals surface area contributed by atoms with Crippen molar-refractivity contribution in [2.45, 2.75) is 77.5 Å². The van der Waals surface area contributed by atoms with Gasteiger partial charge >= 0.3 is 17.9 Å². The van der Waals surface area contributed by atoms with E-state index in [9.17, 15) is 14.4 Å². The molecule has 2 N–H and O–H groups in total. The predicted octanol–water partition coefficient (Wildman–Crippen LogP) is 1.74. The second kappa shape index (κ2) is 12.2. The van der Waals surface area contributed by atoms with Crippen molar-refractivity contribution in [3.05, 3.63) is 0 Å². The molecule has 1 unspecified atom stereocenters. The molecule has 9 heteroatoms. The quantitative estimate of drug-likeness (QED) is 0.296. The third-order valence-corrected chi connectivity index (χ3v) is 4.65. The Hall–Kier alpha value is -1.71. The molecule has 1 aliphatic rings. The van der Waals surface area contributed by atoms with Gasteiger partial charge in [-0.1, -0.05) is 0 Å². The number of ether oxygens (including phenoxy) is 5. The molecule has 0 aromatic carbocycles. The molecule has 0 spiro atoms. The van der Waals surface area contributed by atoms with Crippen LogP contribution >= 0.6 is 0 Å². The summed E-state index contributed by atoms with van der Waals surface area (Å²) in [6.07, 6.45) is 1.39. The van der Waals surface area contributed by atoms with Crippen molar-refractivity contribution in [3.8, 4) is 0 Å². The first-order valence-electron chi connectivity index (χ1n) is 10.6. The number of carbonyl (C=O) groups excluding carboxylic acids is 3. The van der Waals surface area contributed by atoms with E-state index in [2.05, 4.69) is 0 Å². The van der Waals surface area contributed by atoms with Gasteiger partial charge in [0, 0.05) is 19.6 Å². The lowest BCUT2D eigenvalue weighted by Gasteiger charge is -2.35. The molecule has 174 valence electrons. The summed E-state index contributed by atoms with van der Waals surface area (Å²) in [5.41, 5.74) is 3.48. The highest BCUT2D eigenvalue weighted by Crippen LogP contribution is 2.27. The summed E-state index contributed by atoms with van der Waals surface area (Å²) in [7, 11) is 0. The molecule has 1 rings (SSSR count). The van der Waals surface area contributed by atoms with E-state index in [1.807, 2.05) is 0 Å². The molecule has 1 saturated heterocycles. The molecule has 0 aromatic rings. The number of carbonyl (C=O) groups is 3. The van der Waals surface area contributed by atoms with Crippen LogP contribution in [0.4, 0.5) is 0 Å². The summed E-state index contributed by atoms with van der Waals surface area (Å²) >= 11 is 0. The predicted molar refractivity (Wildman–Crippen MR) is 109 cm³/mol. The van der Waals surface area contributed by atoms with Gasteiger partial charge < -0.3 is 29.4 Å². The summed E-state index contributed by atoms with van der Waals surface area (Å²) in [4.78, 5) is 37.9. The fourth-order valence-corrected chi connectivity index (χ4v) is 3.12. The van der Waals surface area contributed by atoms with E-state index in [-0.39, 0.29) is 38.6 Å². The lowest BCUT2D eigenvalue weighted by atomic mass is 9.90. The van der Waals surface area contributed by atoms with Crippen LogP contribution in [0.1, 0.15) is 60.3 Å². The molecule has 9 nitrogen and oxygen atoms in total. The lowest BCUT2D eigenvalue weighted by molar-refractivity contribution is -0.197. The fraction of sp³-hybridized carbons (Fsp3) is 0.857. The first-order chi connectivity index (χ1) is 14.1. The van der Waals surface area contributed by atoms with Crippen molar-refractivity contribution < 1.29 is 38.1 Å². The Kier molecular flexibility index (Phi) is 10.7. The Balaban J connectivity index is 3.04. The minimum Gasteiger partial charge on any atom is -0.463 e. The molecule has 0 amide bonds. The first-order valence-corrected chi connectivity index (χ1v) is 10.6. The Morgan fingerprint density at radius 1 is 1.03 bits per heavy atom. The molecule has 1 fully saturated rings. The molecule has 1 aliphatic heterocycles. The topological polar surface area (TPSA) is 123 Å². The Bertz CT molecular complexity index is 548. The van der Waals surface area contributed by atoms with Crippen LogP contribution in [0.2, 0.25) is 0 Å². The van der Waals surface area contributed by atoms with Crippen LogP contribution in [-0.4, -0.2) is 68.2 Å². The number of hydrogen-bond donors (Lipinski definition) is 1. The maximum Gasteiger partial charge on any atom is 0.352 e. The molecule has 1 heterocycles. The number of hydrogen-bond acceptors (Lipinski definition) is 9. The SMILES string of the molecule is CCOC(=O)C(OCC1CCOCC1)(C(=O)OCC)C(N)CCC(=O)OC(C)(C)C. The average molecular weight is 432 g/mol. The summed E-state index contributed by atoms with van der Waals surface area (Å²) in [6, 6.07) is -1.15. The highest BCUT2D eigenvalue weighted by atomic mass is 16.6. The van der Waals surface area contributed by atoms with Gasteiger partial charge in [-0.05, 0) is 59.8 Å². The van der Waals surface area contributed by atoms with Gasteiger partial charge in [0.15, 0.2) is 0 Å². The monoisotopic (exact) mass is 431 g/mol. The van der Waals surface area contributed by atoms with Crippen molar-refractivity contribution in [2.24, 2.45) is 11.7 Å². The third-order valence-electron chi connectivity index (χ3n) is 4.65. The van der Waals surface area contributed by atoms with Crippen LogP contribution in [0.25, 0.3) is 0 Å². The molecule has 0 aliphatic carbocycles. The number of esters is 3. The maximum atomic E-state index is 12.9. The van der Waals surface area contributed by atoms with Gasteiger partial charge in [0.1, 0.15) is 5.60 Å². The van der Waals surface area contributed by atoms with Crippen molar-refractivity contribution in [1.82, 2.24) is 0 Å². The smallest absolute Gasteiger partial charge is 0.352 e. The fourth-order valence-electron chi connectivity index (χ4n) is 3.12. The van der Waals surface area contributed by atoms with Crippen LogP contribution < -0.4 is 5.73 Å².